The number of piperazine rings is 1. The summed E-state index contributed by atoms with van der Waals surface area (Å²) in [5.41, 5.74) is 5.66. The molecule has 2 fully saturated rings. The summed E-state index contributed by atoms with van der Waals surface area (Å²) in [6.07, 6.45) is 9.39. The summed E-state index contributed by atoms with van der Waals surface area (Å²) < 4.78 is 13.0. The van der Waals surface area contributed by atoms with Gasteiger partial charge < -0.3 is 24.3 Å². The number of carbonyl (C=O) groups excluding carboxylic acids is 2. The van der Waals surface area contributed by atoms with Gasteiger partial charge in [0, 0.05) is 56.5 Å². The lowest BCUT2D eigenvalue weighted by Crippen LogP contribution is -2.50. The van der Waals surface area contributed by atoms with Crippen LogP contribution in [0.2, 0.25) is 5.02 Å². The summed E-state index contributed by atoms with van der Waals surface area (Å²) in [4.78, 5) is 39.4. The molecule has 0 radical (unpaired) electrons. The number of hydrogen-bond donors (Lipinski definition) is 1. The van der Waals surface area contributed by atoms with E-state index in [1.807, 2.05) is 42.9 Å². The van der Waals surface area contributed by atoms with Gasteiger partial charge in [0.2, 0.25) is 5.91 Å². The van der Waals surface area contributed by atoms with E-state index in [0.29, 0.717) is 44.4 Å². The Morgan fingerprint density at radius 1 is 1.18 bits per heavy atom. The summed E-state index contributed by atoms with van der Waals surface area (Å²) in [6.45, 7) is 7.31. The van der Waals surface area contributed by atoms with Crippen LogP contribution in [-0.2, 0) is 21.3 Å². The number of carbonyl (C=O) groups is 2. The largest absolute Gasteiger partial charge is 0.449 e. The molecular formula is C33H39ClN6O4. The van der Waals surface area contributed by atoms with Crippen molar-refractivity contribution in [3.63, 3.8) is 0 Å². The molecule has 1 saturated carbocycles. The van der Waals surface area contributed by atoms with E-state index in [1.54, 1.807) is 17.4 Å². The lowest BCUT2D eigenvalue weighted by Gasteiger charge is -2.39. The van der Waals surface area contributed by atoms with Crippen LogP contribution in [0.15, 0.2) is 49.1 Å². The van der Waals surface area contributed by atoms with Gasteiger partial charge in [0.25, 0.3) is 0 Å². The summed E-state index contributed by atoms with van der Waals surface area (Å²) in [5.74, 6) is -0.228. The number of halogens is 1. The van der Waals surface area contributed by atoms with Crippen LogP contribution in [0.1, 0.15) is 66.9 Å². The molecule has 44 heavy (non-hydrogen) atoms. The standard InChI is InChI=1S/C33H39ClN6O4/c1-4-43-19-28(41)37-30(27-18-35-21-38(27)3)26-16-22-6-5-11-36-29(22)31(24-8-7-23(34)17-25(24)26)39-12-14-40(15-13-39)32(42)44-20-33(2)9-10-33/h5-8,11,16-18,21,30-31H,4,9-10,12-15,19-20H2,1-3H3,(H,37,41)/t30-,31+/m1/s1. The molecular weight excluding hydrogens is 580 g/mol. The maximum atomic E-state index is 13.1. The number of imidazole rings is 1. The Morgan fingerprint density at radius 2 is 1.98 bits per heavy atom. The first-order valence-electron chi connectivity index (χ1n) is 15.2. The number of aromatic nitrogens is 3. The van der Waals surface area contributed by atoms with E-state index in [2.05, 4.69) is 40.3 Å². The number of fused-ring (bicyclic) bond motifs is 2. The molecule has 2 aliphatic carbocycles. The first-order valence-corrected chi connectivity index (χ1v) is 15.6. The Labute approximate surface area is 263 Å². The fourth-order valence-electron chi connectivity index (χ4n) is 6.00. The molecule has 2 aromatic heterocycles. The molecule has 10 nitrogen and oxygen atoms in total. The van der Waals surface area contributed by atoms with E-state index in [1.165, 1.54) is 0 Å². The van der Waals surface area contributed by atoms with Crippen molar-refractivity contribution in [2.75, 3.05) is 46.0 Å². The fraction of sp³-hybridized carbons (Fsp3) is 0.455. The second-order valence-corrected chi connectivity index (χ2v) is 12.6. The smallest absolute Gasteiger partial charge is 0.409 e. The van der Waals surface area contributed by atoms with Crippen LogP contribution >= 0.6 is 11.6 Å². The molecule has 6 rings (SSSR count). The van der Waals surface area contributed by atoms with Gasteiger partial charge in [-0.25, -0.2) is 9.78 Å². The van der Waals surface area contributed by atoms with Crippen molar-refractivity contribution in [2.24, 2.45) is 12.5 Å². The quantitative estimate of drug-likeness (QED) is 0.365. The predicted octanol–water partition coefficient (Wildman–Crippen LogP) is 4.86. The van der Waals surface area contributed by atoms with Crippen molar-refractivity contribution in [2.45, 2.75) is 38.8 Å². The van der Waals surface area contributed by atoms with Gasteiger partial charge >= 0.3 is 6.09 Å². The molecule has 1 saturated heterocycles. The van der Waals surface area contributed by atoms with Crippen molar-refractivity contribution in [1.82, 2.24) is 29.7 Å². The SMILES string of the molecule is CCOCC(=O)N[C@H](C1=Cc2cccnc2[C@@H](N2CCN(C(=O)OCC3(C)CC3)CC2)c2ccc(Cl)cc21)c1cncn1C. The van der Waals surface area contributed by atoms with Gasteiger partial charge in [-0.1, -0.05) is 30.7 Å². The molecule has 0 spiro atoms. The molecule has 11 heteroatoms. The second kappa shape index (κ2) is 12.7. The number of aryl methyl sites for hydroxylation is 1. The second-order valence-electron chi connectivity index (χ2n) is 12.2. The number of rotatable bonds is 9. The third-order valence-electron chi connectivity index (χ3n) is 8.85. The van der Waals surface area contributed by atoms with Crippen molar-refractivity contribution < 1.29 is 19.1 Å². The Bertz CT molecular complexity index is 1560. The molecule has 3 aliphatic rings. The lowest BCUT2D eigenvalue weighted by atomic mass is 9.89. The van der Waals surface area contributed by atoms with Crippen molar-refractivity contribution in [3.8, 4) is 0 Å². The molecule has 3 aromatic rings. The zero-order chi connectivity index (χ0) is 30.8. The molecule has 0 unspecified atom stereocenters. The highest BCUT2D eigenvalue weighted by molar-refractivity contribution is 6.30. The Morgan fingerprint density at radius 3 is 2.68 bits per heavy atom. The molecule has 2 atom stereocenters. The summed E-state index contributed by atoms with van der Waals surface area (Å²) in [7, 11) is 1.91. The number of ether oxygens (including phenoxy) is 2. The monoisotopic (exact) mass is 618 g/mol. The zero-order valence-electron chi connectivity index (χ0n) is 25.5. The van der Waals surface area contributed by atoms with E-state index >= 15 is 0 Å². The Hall–Kier alpha value is -3.73. The van der Waals surface area contributed by atoms with E-state index in [0.717, 1.165) is 46.5 Å². The topological polar surface area (TPSA) is 102 Å². The molecule has 0 bridgehead atoms. The average molecular weight is 619 g/mol. The normalized spacial score (nSPS) is 19.7. The van der Waals surface area contributed by atoms with Gasteiger partial charge in [0.15, 0.2) is 0 Å². The van der Waals surface area contributed by atoms with E-state index in [9.17, 15) is 9.59 Å². The van der Waals surface area contributed by atoms with Crippen molar-refractivity contribution in [1.29, 1.82) is 0 Å². The predicted molar refractivity (Wildman–Crippen MR) is 168 cm³/mol. The van der Waals surface area contributed by atoms with Crippen LogP contribution in [-0.4, -0.2) is 82.3 Å². The Balaban J connectivity index is 1.35. The van der Waals surface area contributed by atoms with Crippen LogP contribution in [0.4, 0.5) is 4.79 Å². The minimum atomic E-state index is -0.528. The number of pyridine rings is 1. The van der Waals surface area contributed by atoms with Crippen LogP contribution in [0.25, 0.3) is 11.6 Å². The summed E-state index contributed by atoms with van der Waals surface area (Å²) in [6, 6.07) is 9.18. The average Bonchev–Trinajstić information content (AvgIpc) is 3.66. The molecule has 2 amide bonds. The summed E-state index contributed by atoms with van der Waals surface area (Å²) >= 11 is 6.66. The molecule has 1 aliphatic heterocycles. The van der Waals surface area contributed by atoms with E-state index < -0.39 is 6.04 Å². The highest BCUT2D eigenvalue weighted by atomic mass is 35.5. The molecule has 232 valence electrons. The molecule has 1 N–H and O–H groups in total. The van der Waals surface area contributed by atoms with Gasteiger partial charge in [-0.15, -0.1) is 0 Å². The molecule has 3 heterocycles. The van der Waals surface area contributed by atoms with Crippen molar-refractivity contribution in [3.05, 3.63) is 82.2 Å². The first kappa shape index (κ1) is 30.3. The summed E-state index contributed by atoms with van der Waals surface area (Å²) in [5, 5.41) is 3.79. The lowest BCUT2D eigenvalue weighted by molar-refractivity contribution is -0.125. The Kier molecular flexibility index (Phi) is 8.75. The van der Waals surface area contributed by atoms with Crippen LogP contribution in [0, 0.1) is 5.41 Å². The van der Waals surface area contributed by atoms with E-state index in [-0.39, 0.29) is 30.1 Å². The van der Waals surface area contributed by atoms with Gasteiger partial charge in [0.1, 0.15) is 6.61 Å². The maximum absolute atomic E-state index is 13.1. The van der Waals surface area contributed by atoms with Gasteiger partial charge in [-0.3, -0.25) is 14.7 Å². The minimum Gasteiger partial charge on any atom is -0.449 e. The van der Waals surface area contributed by atoms with Gasteiger partial charge in [-0.2, -0.15) is 0 Å². The number of nitrogens with one attached hydrogen (secondary N) is 1. The van der Waals surface area contributed by atoms with Crippen molar-refractivity contribution >= 4 is 35.3 Å². The van der Waals surface area contributed by atoms with Crippen LogP contribution < -0.4 is 5.32 Å². The van der Waals surface area contributed by atoms with E-state index in [4.69, 9.17) is 26.1 Å². The highest BCUT2D eigenvalue weighted by Gasteiger charge is 2.40. The van der Waals surface area contributed by atoms with Crippen LogP contribution in [0.3, 0.4) is 0 Å². The van der Waals surface area contributed by atoms with Gasteiger partial charge in [-0.05, 0) is 66.3 Å². The fourth-order valence-corrected chi connectivity index (χ4v) is 6.17. The first-order chi connectivity index (χ1) is 21.3. The van der Waals surface area contributed by atoms with Crippen LogP contribution in [0.5, 0.6) is 0 Å². The number of benzene rings is 1. The molecule has 1 aromatic carbocycles. The number of hydrogen-bond acceptors (Lipinski definition) is 7. The van der Waals surface area contributed by atoms with Gasteiger partial charge in [0.05, 0.1) is 42.6 Å². The number of amides is 2. The third-order valence-corrected chi connectivity index (χ3v) is 9.09. The highest BCUT2D eigenvalue weighted by Crippen LogP contribution is 2.46. The minimum absolute atomic E-state index is 0.0484. The zero-order valence-corrected chi connectivity index (χ0v) is 26.2. The number of nitrogens with zero attached hydrogens (tertiary/aromatic N) is 5. The third kappa shape index (κ3) is 6.38. The maximum Gasteiger partial charge on any atom is 0.409 e.